The van der Waals surface area contributed by atoms with Crippen molar-refractivity contribution in [2.45, 2.75) is 63.6 Å². The van der Waals surface area contributed by atoms with Gasteiger partial charge in [-0.15, -0.1) is 0 Å². The maximum absolute atomic E-state index is 6.33. The molecule has 0 amide bonds. The Morgan fingerprint density at radius 2 is 1.89 bits per heavy atom. The number of halogens is 1. The van der Waals surface area contributed by atoms with E-state index in [1.165, 1.54) is 50.5 Å². The number of ether oxygens (including phenoxy) is 1. The monoisotopic (exact) mass is 279 g/mol. The first-order valence-electron chi connectivity index (χ1n) is 7.50. The van der Waals surface area contributed by atoms with E-state index in [-0.39, 0.29) is 0 Å². The second kappa shape index (κ2) is 6.15. The van der Waals surface area contributed by atoms with Crippen molar-refractivity contribution in [1.82, 2.24) is 5.32 Å². The lowest BCUT2D eigenvalue weighted by Crippen LogP contribution is -2.22. The molecule has 1 aromatic carbocycles. The van der Waals surface area contributed by atoms with Crippen molar-refractivity contribution < 1.29 is 4.74 Å². The molecule has 1 N–H and O–H groups in total. The predicted molar refractivity (Wildman–Crippen MR) is 78.8 cm³/mol. The molecular weight excluding hydrogens is 258 g/mol. The molecule has 0 bridgehead atoms. The molecule has 2 fully saturated rings. The van der Waals surface area contributed by atoms with E-state index in [1.54, 1.807) is 0 Å². The highest BCUT2D eigenvalue weighted by Gasteiger charge is 2.22. The fraction of sp³-hybridized carbons (Fsp3) is 0.625. The maximum atomic E-state index is 6.33. The van der Waals surface area contributed by atoms with E-state index < -0.39 is 0 Å². The number of nitrogens with one attached hydrogen (secondary N) is 1. The van der Waals surface area contributed by atoms with Crippen molar-refractivity contribution in [3.63, 3.8) is 0 Å². The molecule has 3 rings (SSSR count). The van der Waals surface area contributed by atoms with E-state index in [0.29, 0.717) is 12.1 Å². The summed E-state index contributed by atoms with van der Waals surface area (Å²) in [5, 5.41) is 4.29. The van der Waals surface area contributed by atoms with Gasteiger partial charge in [0, 0.05) is 18.2 Å². The quantitative estimate of drug-likeness (QED) is 0.867. The lowest BCUT2D eigenvalue weighted by molar-refractivity contribution is 0.153. The third kappa shape index (κ3) is 3.64. The number of rotatable bonds is 5. The van der Waals surface area contributed by atoms with Crippen molar-refractivity contribution >= 4 is 11.6 Å². The molecule has 0 aromatic heterocycles. The molecule has 0 unspecified atom stereocenters. The summed E-state index contributed by atoms with van der Waals surface area (Å²) in [6.45, 7) is 0.868. The SMILES string of the molecule is Clc1cccc(CNC2CC2)c1OC1CCCCC1. The highest BCUT2D eigenvalue weighted by atomic mass is 35.5. The lowest BCUT2D eigenvalue weighted by Gasteiger charge is -2.25. The van der Waals surface area contributed by atoms with Crippen LogP contribution in [-0.2, 0) is 6.54 Å². The van der Waals surface area contributed by atoms with E-state index >= 15 is 0 Å². The van der Waals surface area contributed by atoms with Crippen LogP contribution in [0, 0.1) is 0 Å². The van der Waals surface area contributed by atoms with Crippen LogP contribution < -0.4 is 10.1 Å². The maximum Gasteiger partial charge on any atom is 0.142 e. The molecule has 0 saturated heterocycles. The highest BCUT2D eigenvalue weighted by Crippen LogP contribution is 2.33. The minimum atomic E-state index is 0.355. The average molecular weight is 280 g/mol. The second-order valence-electron chi connectivity index (χ2n) is 5.76. The van der Waals surface area contributed by atoms with Gasteiger partial charge in [-0.1, -0.05) is 30.2 Å². The van der Waals surface area contributed by atoms with Gasteiger partial charge >= 0.3 is 0 Å². The van der Waals surface area contributed by atoms with Crippen molar-refractivity contribution in [2.75, 3.05) is 0 Å². The van der Waals surface area contributed by atoms with Crippen LogP contribution >= 0.6 is 11.6 Å². The third-order valence-electron chi connectivity index (χ3n) is 4.04. The minimum absolute atomic E-state index is 0.355. The Labute approximate surface area is 120 Å². The summed E-state index contributed by atoms with van der Waals surface area (Å²) < 4.78 is 6.20. The second-order valence-corrected chi connectivity index (χ2v) is 6.17. The summed E-state index contributed by atoms with van der Waals surface area (Å²) in [5.41, 5.74) is 1.20. The molecular formula is C16H22ClNO. The summed E-state index contributed by atoms with van der Waals surface area (Å²) in [6, 6.07) is 6.78. The average Bonchev–Trinajstić information content (AvgIpc) is 3.25. The van der Waals surface area contributed by atoms with Crippen LogP contribution in [-0.4, -0.2) is 12.1 Å². The van der Waals surface area contributed by atoms with Gasteiger partial charge in [0.25, 0.3) is 0 Å². The first kappa shape index (κ1) is 13.3. The van der Waals surface area contributed by atoms with Crippen LogP contribution in [0.5, 0.6) is 5.75 Å². The molecule has 104 valence electrons. The molecule has 0 spiro atoms. The Balaban J connectivity index is 1.69. The van der Waals surface area contributed by atoms with Crippen LogP contribution in [0.3, 0.4) is 0 Å². The van der Waals surface area contributed by atoms with Gasteiger partial charge in [-0.25, -0.2) is 0 Å². The fourth-order valence-corrected chi connectivity index (χ4v) is 2.95. The number of para-hydroxylation sites is 1. The third-order valence-corrected chi connectivity index (χ3v) is 4.34. The first-order chi connectivity index (χ1) is 9.33. The molecule has 19 heavy (non-hydrogen) atoms. The smallest absolute Gasteiger partial charge is 0.142 e. The van der Waals surface area contributed by atoms with Gasteiger partial charge in [-0.3, -0.25) is 0 Å². The van der Waals surface area contributed by atoms with Gasteiger partial charge in [0.15, 0.2) is 0 Å². The molecule has 2 aliphatic rings. The van der Waals surface area contributed by atoms with Gasteiger partial charge in [-0.05, 0) is 44.6 Å². The molecule has 0 atom stereocenters. The number of hydrogen-bond donors (Lipinski definition) is 1. The summed E-state index contributed by atoms with van der Waals surface area (Å²) >= 11 is 6.33. The molecule has 0 aliphatic heterocycles. The van der Waals surface area contributed by atoms with Crippen molar-refractivity contribution in [3.8, 4) is 5.75 Å². The van der Waals surface area contributed by atoms with E-state index in [4.69, 9.17) is 16.3 Å². The van der Waals surface area contributed by atoms with Crippen LogP contribution in [0.25, 0.3) is 0 Å². The Kier molecular flexibility index (Phi) is 4.29. The Bertz CT molecular complexity index is 425. The number of hydrogen-bond acceptors (Lipinski definition) is 2. The standard InChI is InChI=1S/C16H22ClNO/c17-15-8-4-5-12(11-18-13-9-10-13)16(15)19-14-6-2-1-3-7-14/h4-5,8,13-14,18H,1-3,6-7,9-11H2. The summed E-state index contributed by atoms with van der Waals surface area (Å²) in [4.78, 5) is 0. The summed E-state index contributed by atoms with van der Waals surface area (Å²) in [5.74, 6) is 0.907. The summed E-state index contributed by atoms with van der Waals surface area (Å²) in [6.07, 6.45) is 9.21. The fourth-order valence-electron chi connectivity index (χ4n) is 2.72. The van der Waals surface area contributed by atoms with Crippen LogP contribution in [0.2, 0.25) is 5.02 Å². The molecule has 2 saturated carbocycles. The van der Waals surface area contributed by atoms with Crippen molar-refractivity contribution in [3.05, 3.63) is 28.8 Å². The van der Waals surface area contributed by atoms with E-state index in [1.807, 2.05) is 12.1 Å². The zero-order chi connectivity index (χ0) is 13.1. The molecule has 2 nitrogen and oxygen atoms in total. The Morgan fingerprint density at radius 1 is 1.11 bits per heavy atom. The van der Waals surface area contributed by atoms with Crippen LogP contribution in [0.1, 0.15) is 50.5 Å². The Hall–Kier alpha value is -0.730. The normalized spacial score (nSPS) is 20.5. The van der Waals surface area contributed by atoms with E-state index in [9.17, 15) is 0 Å². The van der Waals surface area contributed by atoms with Crippen LogP contribution in [0.4, 0.5) is 0 Å². The Morgan fingerprint density at radius 3 is 2.63 bits per heavy atom. The van der Waals surface area contributed by atoms with Gasteiger partial charge in [0.1, 0.15) is 5.75 Å². The molecule has 3 heteroatoms. The molecule has 0 radical (unpaired) electrons. The van der Waals surface area contributed by atoms with E-state index in [0.717, 1.165) is 17.3 Å². The number of benzene rings is 1. The molecule has 0 heterocycles. The van der Waals surface area contributed by atoms with Gasteiger partial charge in [0.05, 0.1) is 11.1 Å². The molecule has 2 aliphatic carbocycles. The summed E-state index contributed by atoms with van der Waals surface area (Å²) in [7, 11) is 0. The van der Waals surface area contributed by atoms with Gasteiger partial charge < -0.3 is 10.1 Å². The zero-order valence-corrected chi connectivity index (χ0v) is 12.1. The van der Waals surface area contributed by atoms with Crippen molar-refractivity contribution in [1.29, 1.82) is 0 Å². The lowest BCUT2D eigenvalue weighted by atomic mass is 9.97. The predicted octanol–water partition coefficient (Wildman–Crippen LogP) is 4.30. The first-order valence-corrected chi connectivity index (χ1v) is 7.88. The topological polar surface area (TPSA) is 21.3 Å². The zero-order valence-electron chi connectivity index (χ0n) is 11.3. The molecule has 1 aromatic rings. The van der Waals surface area contributed by atoms with E-state index in [2.05, 4.69) is 11.4 Å². The minimum Gasteiger partial charge on any atom is -0.489 e. The largest absolute Gasteiger partial charge is 0.489 e. The van der Waals surface area contributed by atoms with Gasteiger partial charge in [0.2, 0.25) is 0 Å². The van der Waals surface area contributed by atoms with Crippen LogP contribution in [0.15, 0.2) is 18.2 Å². The van der Waals surface area contributed by atoms with Crippen molar-refractivity contribution in [2.24, 2.45) is 0 Å². The highest BCUT2D eigenvalue weighted by molar-refractivity contribution is 6.32. The van der Waals surface area contributed by atoms with Gasteiger partial charge in [-0.2, -0.15) is 0 Å².